The average molecular weight is 291 g/mol. The fraction of sp³-hybridized carbons (Fsp3) is 0.357. The van der Waals surface area contributed by atoms with Gasteiger partial charge >= 0.3 is 12.0 Å². The lowest BCUT2D eigenvalue weighted by molar-refractivity contribution is -0.137. The number of anilines is 2. The van der Waals surface area contributed by atoms with Gasteiger partial charge in [-0.05, 0) is 18.6 Å². The van der Waals surface area contributed by atoms with Crippen LogP contribution in [0.2, 0.25) is 0 Å². The van der Waals surface area contributed by atoms with Crippen LogP contribution in [-0.2, 0) is 9.59 Å². The van der Waals surface area contributed by atoms with Gasteiger partial charge in [0.25, 0.3) is 0 Å². The fourth-order valence-corrected chi connectivity index (χ4v) is 2.17. The number of rotatable bonds is 4. The standard InChI is InChI=1S/C14H17N3O4/c1-16(8-4-7-13(19)20)14(21)17-9-12(18)15-10-5-2-3-6-11(10)17/h2-3,5-6H,4,7-9H2,1H3,(H,15,18)(H,19,20). The number of hydrogen-bond donors (Lipinski definition) is 2. The van der Waals surface area contributed by atoms with Crippen LogP contribution in [0.4, 0.5) is 16.2 Å². The Morgan fingerprint density at radius 2 is 2.10 bits per heavy atom. The van der Waals surface area contributed by atoms with Crippen LogP contribution in [-0.4, -0.2) is 48.1 Å². The Kier molecular flexibility index (Phi) is 4.42. The van der Waals surface area contributed by atoms with Gasteiger partial charge in [0, 0.05) is 20.0 Å². The van der Waals surface area contributed by atoms with Gasteiger partial charge in [-0.1, -0.05) is 12.1 Å². The Morgan fingerprint density at radius 1 is 1.38 bits per heavy atom. The minimum atomic E-state index is -0.890. The Balaban J connectivity index is 2.08. The molecule has 1 heterocycles. The number of fused-ring (bicyclic) bond motifs is 1. The van der Waals surface area contributed by atoms with Crippen molar-refractivity contribution in [1.29, 1.82) is 0 Å². The lowest BCUT2D eigenvalue weighted by atomic mass is 10.2. The first kappa shape index (κ1) is 14.8. The van der Waals surface area contributed by atoms with Crippen LogP contribution >= 0.6 is 0 Å². The summed E-state index contributed by atoms with van der Waals surface area (Å²) in [6.45, 7) is 0.282. The van der Waals surface area contributed by atoms with Gasteiger partial charge in [-0.3, -0.25) is 14.5 Å². The Bertz CT molecular complexity index is 573. The predicted molar refractivity (Wildman–Crippen MR) is 77.3 cm³/mol. The van der Waals surface area contributed by atoms with Crippen LogP contribution in [0.1, 0.15) is 12.8 Å². The fourth-order valence-electron chi connectivity index (χ4n) is 2.17. The molecule has 0 aromatic heterocycles. The second-order valence-corrected chi connectivity index (χ2v) is 4.85. The molecule has 0 radical (unpaired) electrons. The number of amides is 3. The maximum Gasteiger partial charge on any atom is 0.324 e. The first-order valence-corrected chi connectivity index (χ1v) is 6.62. The van der Waals surface area contributed by atoms with Gasteiger partial charge in [0.1, 0.15) is 6.54 Å². The van der Waals surface area contributed by atoms with Gasteiger partial charge < -0.3 is 15.3 Å². The summed E-state index contributed by atoms with van der Waals surface area (Å²) in [4.78, 5) is 37.4. The summed E-state index contributed by atoms with van der Waals surface area (Å²) in [5.74, 6) is -1.14. The van der Waals surface area contributed by atoms with E-state index in [1.165, 1.54) is 9.80 Å². The molecule has 2 rings (SSSR count). The van der Waals surface area contributed by atoms with Crippen LogP contribution in [0.15, 0.2) is 24.3 Å². The first-order valence-electron chi connectivity index (χ1n) is 6.62. The van der Waals surface area contributed by atoms with E-state index in [0.29, 0.717) is 24.3 Å². The minimum absolute atomic E-state index is 0.00862. The topological polar surface area (TPSA) is 90.0 Å². The molecule has 3 amide bonds. The molecule has 0 unspecified atom stereocenters. The normalized spacial score (nSPS) is 13.4. The van der Waals surface area contributed by atoms with Crippen LogP contribution in [0, 0.1) is 0 Å². The highest BCUT2D eigenvalue weighted by molar-refractivity contribution is 6.09. The highest BCUT2D eigenvalue weighted by Crippen LogP contribution is 2.29. The molecular weight excluding hydrogens is 274 g/mol. The van der Waals surface area contributed by atoms with E-state index in [1.54, 1.807) is 31.3 Å². The molecule has 1 aromatic rings. The molecule has 7 heteroatoms. The van der Waals surface area contributed by atoms with E-state index in [9.17, 15) is 14.4 Å². The van der Waals surface area contributed by atoms with Crippen LogP contribution in [0.25, 0.3) is 0 Å². The molecule has 112 valence electrons. The zero-order chi connectivity index (χ0) is 15.4. The molecule has 7 nitrogen and oxygen atoms in total. The van der Waals surface area contributed by atoms with Crippen molar-refractivity contribution in [2.45, 2.75) is 12.8 Å². The summed E-state index contributed by atoms with van der Waals surface area (Å²) in [6, 6.07) is 6.75. The van der Waals surface area contributed by atoms with Crippen LogP contribution in [0.5, 0.6) is 0 Å². The number of para-hydroxylation sites is 2. The monoisotopic (exact) mass is 291 g/mol. The van der Waals surface area contributed by atoms with Crippen molar-refractivity contribution < 1.29 is 19.5 Å². The SMILES string of the molecule is CN(CCCC(=O)O)C(=O)N1CC(=O)Nc2ccccc21. The molecule has 2 N–H and O–H groups in total. The first-order chi connectivity index (χ1) is 9.99. The minimum Gasteiger partial charge on any atom is -0.481 e. The second kappa shape index (κ2) is 6.25. The van der Waals surface area contributed by atoms with Crippen LogP contribution in [0.3, 0.4) is 0 Å². The van der Waals surface area contributed by atoms with Crippen LogP contribution < -0.4 is 10.2 Å². The third-order valence-electron chi connectivity index (χ3n) is 3.21. The maximum atomic E-state index is 12.4. The van der Waals surface area contributed by atoms with Gasteiger partial charge in [0.2, 0.25) is 5.91 Å². The number of carboxylic acids is 1. The quantitative estimate of drug-likeness (QED) is 0.876. The number of urea groups is 1. The molecule has 1 aliphatic heterocycles. The second-order valence-electron chi connectivity index (χ2n) is 4.85. The number of nitrogens with one attached hydrogen (secondary N) is 1. The predicted octanol–water partition coefficient (Wildman–Crippen LogP) is 1.36. The Hall–Kier alpha value is -2.57. The van der Waals surface area contributed by atoms with E-state index in [0.717, 1.165) is 0 Å². The number of carbonyl (C=O) groups excluding carboxylic acids is 2. The number of nitrogens with zero attached hydrogens (tertiary/aromatic N) is 2. The van der Waals surface area contributed by atoms with E-state index in [2.05, 4.69) is 5.32 Å². The van der Waals surface area contributed by atoms with Gasteiger partial charge in [-0.15, -0.1) is 0 Å². The van der Waals surface area contributed by atoms with Gasteiger partial charge in [0.05, 0.1) is 11.4 Å². The molecule has 1 aromatic carbocycles. The number of benzene rings is 1. The van der Waals surface area contributed by atoms with Gasteiger partial charge in [-0.25, -0.2) is 4.79 Å². The molecule has 0 saturated heterocycles. The Morgan fingerprint density at radius 3 is 2.81 bits per heavy atom. The smallest absolute Gasteiger partial charge is 0.324 e. The van der Waals surface area contributed by atoms with Crippen molar-refractivity contribution >= 4 is 29.3 Å². The summed E-state index contributed by atoms with van der Waals surface area (Å²) in [7, 11) is 1.60. The van der Waals surface area contributed by atoms with Crippen molar-refractivity contribution in [1.82, 2.24) is 4.90 Å². The average Bonchev–Trinajstić information content (AvgIpc) is 2.45. The number of aliphatic carboxylic acids is 1. The van der Waals surface area contributed by atoms with Gasteiger partial charge in [0.15, 0.2) is 0 Å². The van der Waals surface area contributed by atoms with Crippen molar-refractivity contribution in [3.05, 3.63) is 24.3 Å². The molecule has 0 spiro atoms. The summed E-state index contributed by atoms with van der Waals surface area (Å²) in [6.07, 6.45) is 0.383. The zero-order valence-corrected chi connectivity index (χ0v) is 11.7. The van der Waals surface area contributed by atoms with Crippen molar-refractivity contribution in [3.8, 4) is 0 Å². The lowest BCUT2D eigenvalue weighted by Gasteiger charge is -2.32. The highest BCUT2D eigenvalue weighted by atomic mass is 16.4. The molecule has 21 heavy (non-hydrogen) atoms. The molecule has 0 saturated carbocycles. The lowest BCUT2D eigenvalue weighted by Crippen LogP contribution is -2.48. The maximum absolute atomic E-state index is 12.4. The van der Waals surface area contributed by atoms with Gasteiger partial charge in [-0.2, -0.15) is 0 Å². The van der Waals surface area contributed by atoms with E-state index in [1.807, 2.05) is 0 Å². The van der Waals surface area contributed by atoms with Crippen molar-refractivity contribution in [3.63, 3.8) is 0 Å². The number of carboxylic acid groups (broad SMARTS) is 1. The van der Waals surface area contributed by atoms with E-state index in [-0.39, 0.29) is 24.9 Å². The molecule has 0 bridgehead atoms. The molecule has 0 atom stereocenters. The molecule has 0 fully saturated rings. The third-order valence-corrected chi connectivity index (χ3v) is 3.21. The van der Waals surface area contributed by atoms with Crippen molar-refractivity contribution in [2.75, 3.05) is 30.4 Å². The summed E-state index contributed by atoms with van der Waals surface area (Å²) >= 11 is 0. The largest absolute Gasteiger partial charge is 0.481 e. The Labute approximate surface area is 122 Å². The van der Waals surface area contributed by atoms with Crippen molar-refractivity contribution in [2.24, 2.45) is 0 Å². The molecular formula is C14H17N3O4. The highest BCUT2D eigenvalue weighted by Gasteiger charge is 2.28. The number of hydrogen-bond acceptors (Lipinski definition) is 3. The molecule has 0 aliphatic carbocycles. The summed E-state index contributed by atoms with van der Waals surface area (Å²) in [5, 5.41) is 11.3. The molecule has 1 aliphatic rings. The summed E-state index contributed by atoms with van der Waals surface area (Å²) < 4.78 is 0. The number of carbonyl (C=O) groups is 3. The van der Waals surface area contributed by atoms with E-state index >= 15 is 0 Å². The van der Waals surface area contributed by atoms with E-state index in [4.69, 9.17) is 5.11 Å². The van der Waals surface area contributed by atoms with E-state index < -0.39 is 5.97 Å². The summed E-state index contributed by atoms with van der Waals surface area (Å²) in [5.41, 5.74) is 1.24. The zero-order valence-electron chi connectivity index (χ0n) is 11.7. The third kappa shape index (κ3) is 3.50.